The Hall–Kier alpha value is -2.72. The van der Waals surface area contributed by atoms with E-state index < -0.39 is 5.97 Å². The summed E-state index contributed by atoms with van der Waals surface area (Å²) in [6, 6.07) is 12.4. The van der Waals surface area contributed by atoms with E-state index in [9.17, 15) is 4.79 Å². The Bertz CT molecular complexity index is 814. The van der Waals surface area contributed by atoms with E-state index in [1.54, 1.807) is 43.5 Å². The van der Waals surface area contributed by atoms with Crippen molar-refractivity contribution in [1.82, 2.24) is 0 Å². The molecule has 0 spiro atoms. The third-order valence-corrected chi connectivity index (χ3v) is 4.10. The summed E-state index contributed by atoms with van der Waals surface area (Å²) in [7, 11) is 1.60. The van der Waals surface area contributed by atoms with Gasteiger partial charge in [-0.3, -0.25) is 4.79 Å². The monoisotopic (exact) mass is 433 g/mol. The summed E-state index contributed by atoms with van der Waals surface area (Å²) in [5.41, 5.74) is 0.415. The molecule has 0 heterocycles. The first kappa shape index (κ1) is 20.6. The van der Waals surface area contributed by atoms with E-state index in [-0.39, 0.29) is 12.2 Å². The molecule has 27 heavy (non-hydrogen) atoms. The number of hydrogen-bond acceptors (Lipinski definition) is 6. The van der Waals surface area contributed by atoms with Crippen LogP contribution in [-0.4, -0.2) is 26.3 Å². The van der Waals surface area contributed by atoms with E-state index in [2.05, 4.69) is 15.9 Å². The van der Waals surface area contributed by atoms with Crippen LogP contribution in [0.4, 0.5) is 0 Å². The van der Waals surface area contributed by atoms with Crippen molar-refractivity contribution in [3.63, 3.8) is 0 Å². The van der Waals surface area contributed by atoms with Crippen LogP contribution in [0.3, 0.4) is 0 Å². The summed E-state index contributed by atoms with van der Waals surface area (Å²) in [6.45, 7) is 2.59. The summed E-state index contributed by atoms with van der Waals surface area (Å²) in [6.07, 6.45) is 0.691. The van der Waals surface area contributed by atoms with E-state index in [0.29, 0.717) is 41.2 Å². The molecule has 0 amide bonds. The van der Waals surface area contributed by atoms with Crippen molar-refractivity contribution >= 4 is 21.9 Å². The van der Waals surface area contributed by atoms with Crippen LogP contribution >= 0.6 is 15.9 Å². The summed E-state index contributed by atoms with van der Waals surface area (Å²) < 4.78 is 22.1. The molecule has 7 heteroatoms. The third-order valence-electron chi connectivity index (χ3n) is 3.51. The predicted molar refractivity (Wildman–Crippen MR) is 103 cm³/mol. The minimum Gasteiger partial charge on any atom is -0.497 e. The third kappa shape index (κ3) is 6.19. The van der Waals surface area contributed by atoms with Crippen LogP contribution in [0.25, 0.3) is 0 Å². The van der Waals surface area contributed by atoms with Gasteiger partial charge in [-0.25, -0.2) is 0 Å². The first-order valence-electron chi connectivity index (χ1n) is 8.41. The molecular formula is C20H20BrNO5. The average Bonchev–Trinajstić information content (AvgIpc) is 2.68. The van der Waals surface area contributed by atoms with Crippen LogP contribution in [0.5, 0.6) is 23.0 Å². The fraction of sp³-hybridized carbons (Fsp3) is 0.300. The van der Waals surface area contributed by atoms with Crippen molar-refractivity contribution in [2.75, 3.05) is 20.3 Å². The van der Waals surface area contributed by atoms with Crippen molar-refractivity contribution in [1.29, 1.82) is 5.26 Å². The molecule has 0 radical (unpaired) electrons. The summed E-state index contributed by atoms with van der Waals surface area (Å²) in [5, 5.41) is 9.04. The molecule has 0 aliphatic carbocycles. The molecular weight excluding hydrogens is 414 g/mol. The number of methoxy groups -OCH3 is 1. The zero-order valence-corrected chi connectivity index (χ0v) is 16.7. The summed E-state index contributed by atoms with van der Waals surface area (Å²) >= 11 is 3.32. The predicted octanol–water partition coefficient (Wildman–Crippen LogP) is 4.49. The van der Waals surface area contributed by atoms with Crippen LogP contribution in [0.1, 0.15) is 25.3 Å². The lowest BCUT2D eigenvalue weighted by Crippen LogP contribution is -2.11. The number of hydrogen-bond donors (Lipinski definition) is 0. The number of halogens is 1. The fourth-order valence-corrected chi connectivity index (χ4v) is 2.76. The maximum Gasteiger partial charge on any atom is 0.311 e. The van der Waals surface area contributed by atoms with Gasteiger partial charge < -0.3 is 18.9 Å². The van der Waals surface area contributed by atoms with Crippen LogP contribution in [-0.2, 0) is 4.79 Å². The quantitative estimate of drug-likeness (QED) is 0.329. The second kappa shape index (κ2) is 10.4. The molecule has 2 aromatic carbocycles. The van der Waals surface area contributed by atoms with Gasteiger partial charge in [0.15, 0.2) is 11.5 Å². The molecule has 0 bridgehead atoms. The molecule has 0 atom stereocenters. The highest BCUT2D eigenvalue weighted by molar-refractivity contribution is 9.10. The Morgan fingerprint density at radius 2 is 1.85 bits per heavy atom. The molecule has 2 aromatic rings. The zero-order valence-electron chi connectivity index (χ0n) is 15.2. The maximum absolute atomic E-state index is 12.1. The van der Waals surface area contributed by atoms with E-state index in [4.69, 9.17) is 24.2 Å². The van der Waals surface area contributed by atoms with Crippen LogP contribution in [0, 0.1) is 11.3 Å². The van der Waals surface area contributed by atoms with Crippen molar-refractivity contribution in [2.45, 2.75) is 19.8 Å². The highest BCUT2D eigenvalue weighted by Gasteiger charge is 2.16. The van der Waals surface area contributed by atoms with Gasteiger partial charge in [-0.1, -0.05) is 0 Å². The lowest BCUT2D eigenvalue weighted by Gasteiger charge is -2.13. The maximum atomic E-state index is 12.1. The number of esters is 1. The zero-order chi connectivity index (χ0) is 19.6. The van der Waals surface area contributed by atoms with Gasteiger partial charge >= 0.3 is 5.97 Å². The van der Waals surface area contributed by atoms with Gasteiger partial charge in [0.25, 0.3) is 0 Å². The van der Waals surface area contributed by atoms with E-state index in [1.807, 2.05) is 13.0 Å². The number of ether oxygens (including phenoxy) is 4. The van der Waals surface area contributed by atoms with Crippen molar-refractivity contribution in [2.24, 2.45) is 0 Å². The Morgan fingerprint density at radius 3 is 2.48 bits per heavy atom. The highest BCUT2D eigenvalue weighted by Crippen LogP contribution is 2.37. The minimum atomic E-state index is -0.403. The van der Waals surface area contributed by atoms with Crippen molar-refractivity contribution in [3.8, 4) is 29.1 Å². The molecule has 6 nitrogen and oxygen atoms in total. The number of benzene rings is 2. The minimum absolute atomic E-state index is 0.189. The second-order valence-corrected chi connectivity index (χ2v) is 6.29. The summed E-state index contributed by atoms with van der Waals surface area (Å²) in [4.78, 5) is 12.1. The van der Waals surface area contributed by atoms with Gasteiger partial charge in [0.2, 0.25) is 0 Å². The largest absolute Gasteiger partial charge is 0.497 e. The van der Waals surface area contributed by atoms with Gasteiger partial charge in [-0.05, 0) is 59.6 Å². The number of nitrogens with zero attached hydrogens (tertiary/aromatic N) is 1. The van der Waals surface area contributed by atoms with Crippen LogP contribution in [0.2, 0.25) is 0 Å². The lowest BCUT2D eigenvalue weighted by molar-refractivity contribution is -0.134. The molecule has 0 saturated heterocycles. The molecule has 0 saturated carbocycles. The van der Waals surface area contributed by atoms with E-state index in [0.717, 1.165) is 5.75 Å². The van der Waals surface area contributed by atoms with Gasteiger partial charge in [0.1, 0.15) is 11.5 Å². The molecule has 0 N–H and O–H groups in total. The molecule has 2 rings (SSSR count). The molecule has 0 aliphatic heterocycles. The smallest absolute Gasteiger partial charge is 0.311 e. The number of carbonyl (C=O) groups is 1. The van der Waals surface area contributed by atoms with E-state index >= 15 is 0 Å². The van der Waals surface area contributed by atoms with Gasteiger partial charge in [0.05, 0.1) is 36.4 Å². The van der Waals surface area contributed by atoms with Gasteiger partial charge in [0, 0.05) is 12.5 Å². The Labute approximate surface area is 166 Å². The van der Waals surface area contributed by atoms with Crippen LogP contribution in [0.15, 0.2) is 40.9 Å². The Balaban J connectivity index is 1.87. The van der Waals surface area contributed by atoms with Crippen molar-refractivity contribution < 1.29 is 23.7 Å². The molecule has 0 unspecified atom stereocenters. The lowest BCUT2D eigenvalue weighted by atomic mass is 10.2. The fourth-order valence-electron chi connectivity index (χ4n) is 2.24. The van der Waals surface area contributed by atoms with Gasteiger partial charge in [-0.15, -0.1) is 0 Å². The standard InChI is InChI=1S/C20H20BrNO5/c1-3-25-18-12-14(13-22)11-17(21)20(18)27-19(23)5-4-10-26-16-8-6-15(24-2)7-9-16/h6-9,11-12H,3-5,10H2,1-2H3. The molecule has 142 valence electrons. The number of carbonyl (C=O) groups excluding carboxylic acids is 1. The average molecular weight is 434 g/mol. The second-order valence-electron chi connectivity index (χ2n) is 5.43. The first-order chi connectivity index (χ1) is 13.1. The molecule has 0 fully saturated rings. The Morgan fingerprint density at radius 1 is 1.15 bits per heavy atom. The van der Waals surface area contributed by atoms with E-state index in [1.165, 1.54) is 0 Å². The highest BCUT2D eigenvalue weighted by atomic mass is 79.9. The molecule has 0 aliphatic rings. The van der Waals surface area contributed by atoms with Crippen LogP contribution < -0.4 is 18.9 Å². The summed E-state index contributed by atoms with van der Waals surface area (Å²) in [5.74, 6) is 1.68. The molecule has 0 aromatic heterocycles. The normalized spacial score (nSPS) is 10.0. The van der Waals surface area contributed by atoms with Crippen molar-refractivity contribution in [3.05, 3.63) is 46.4 Å². The Kier molecular flexibility index (Phi) is 7.96. The SMILES string of the molecule is CCOc1cc(C#N)cc(Br)c1OC(=O)CCCOc1ccc(OC)cc1. The first-order valence-corrected chi connectivity index (χ1v) is 9.20. The number of rotatable bonds is 9. The van der Waals surface area contributed by atoms with Gasteiger partial charge in [-0.2, -0.15) is 5.26 Å². The topological polar surface area (TPSA) is 77.8 Å². The number of nitriles is 1.